The Hall–Kier alpha value is -1.95. The average Bonchev–Trinajstić information content (AvgIpc) is 3.34. The molecule has 0 aliphatic rings. The molecule has 6 heteroatoms. The molecule has 32 heavy (non-hydrogen) atoms. The molecule has 0 saturated carbocycles. The highest BCUT2D eigenvalue weighted by molar-refractivity contribution is 7.17. The van der Waals surface area contributed by atoms with Crippen LogP contribution in [0.4, 0.5) is 8.78 Å². The molecule has 0 fully saturated rings. The van der Waals surface area contributed by atoms with E-state index >= 15 is 0 Å². The molecule has 0 radical (unpaired) electrons. The summed E-state index contributed by atoms with van der Waals surface area (Å²) in [5.41, 5.74) is 0.621. The minimum atomic E-state index is -0.933. The molecule has 0 aliphatic carbocycles. The number of unbranched alkanes of at least 4 members (excludes halogenated alkanes) is 9. The van der Waals surface area contributed by atoms with Gasteiger partial charge in [-0.25, -0.2) is 9.37 Å². The number of aromatic nitrogens is 2. The Morgan fingerprint density at radius 3 is 2.25 bits per heavy atom. The zero-order valence-corrected chi connectivity index (χ0v) is 20.3. The molecule has 0 amide bonds. The van der Waals surface area contributed by atoms with Crippen molar-refractivity contribution in [2.45, 2.75) is 90.9 Å². The number of nitrogens with zero attached hydrogens (tertiary/aromatic N) is 2. The maximum atomic E-state index is 14.7. The zero-order valence-electron chi connectivity index (χ0n) is 19.5. The average molecular weight is 463 g/mol. The highest BCUT2D eigenvalue weighted by Gasteiger charge is 2.18. The van der Waals surface area contributed by atoms with Crippen LogP contribution in [0.1, 0.15) is 89.4 Å². The molecule has 3 aromatic rings. The van der Waals surface area contributed by atoms with Crippen molar-refractivity contribution in [3.05, 3.63) is 41.0 Å². The van der Waals surface area contributed by atoms with E-state index in [0.29, 0.717) is 12.3 Å². The van der Waals surface area contributed by atoms with E-state index in [1.165, 1.54) is 62.3 Å². The third-order valence-corrected chi connectivity index (χ3v) is 6.87. The Balaban J connectivity index is 1.56. The SMILES string of the molecule is CCCCCCCCOc1ccc(-c2cn3cc(CCCCCCC)sc3n2)c(F)c1F. The van der Waals surface area contributed by atoms with Gasteiger partial charge in [-0.2, -0.15) is 4.39 Å². The van der Waals surface area contributed by atoms with E-state index in [-0.39, 0.29) is 11.3 Å². The quantitative estimate of drug-likeness (QED) is 0.211. The van der Waals surface area contributed by atoms with Gasteiger partial charge in [-0.05, 0) is 31.4 Å². The second-order valence-electron chi connectivity index (χ2n) is 8.53. The van der Waals surface area contributed by atoms with Gasteiger partial charge in [-0.15, -0.1) is 11.3 Å². The summed E-state index contributed by atoms with van der Waals surface area (Å²) in [6.45, 7) is 4.81. The first-order valence-corrected chi connectivity index (χ1v) is 13.0. The fourth-order valence-corrected chi connectivity index (χ4v) is 4.90. The molecule has 2 aromatic heterocycles. The van der Waals surface area contributed by atoms with Crippen LogP contribution in [0.15, 0.2) is 24.5 Å². The second kappa shape index (κ2) is 12.9. The van der Waals surface area contributed by atoms with Crippen molar-refractivity contribution in [1.82, 2.24) is 9.38 Å². The standard InChI is InChI=1S/C26H36F2N2OS/c1-3-5-7-9-11-13-17-31-23-16-15-21(24(27)25(23)28)22-19-30-18-20(32-26(30)29-22)14-12-10-8-6-4-2/h15-16,18-19H,3-14,17H2,1-2H3. The van der Waals surface area contributed by atoms with Gasteiger partial charge >= 0.3 is 0 Å². The Morgan fingerprint density at radius 1 is 0.844 bits per heavy atom. The molecule has 0 atom stereocenters. The van der Waals surface area contributed by atoms with E-state index in [9.17, 15) is 8.78 Å². The van der Waals surface area contributed by atoms with E-state index in [4.69, 9.17) is 4.74 Å². The smallest absolute Gasteiger partial charge is 0.201 e. The van der Waals surface area contributed by atoms with Crippen LogP contribution in [-0.4, -0.2) is 16.0 Å². The summed E-state index contributed by atoms with van der Waals surface area (Å²) >= 11 is 1.62. The van der Waals surface area contributed by atoms with Crippen LogP contribution in [0.5, 0.6) is 5.75 Å². The Bertz CT molecular complexity index is 935. The Labute approximate surface area is 194 Å². The molecule has 0 bridgehead atoms. The second-order valence-corrected chi connectivity index (χ2v) is 9.63. The van der Waals surface area contributed by atoms with Crippen LogP contribution in [0, 0.1) is 11.6 Å². The number of fused-ring (bicyclic) bond motifs is 1. The largest absolute Gasteiger partial charge is 0.490 e. The molecule has 1 aromatic carbocycles. The van der Waals surface area contributed by atoms with Gasteiger partial charge in [0.2, 0.25) is 5.82 Å². The molecule has 176 valence electrons. The maximum Gasteiger partial charge on any atom is 0.201 e. The molecule has 2 heterocycles. The molecular formula is C26H36F2N2OS. The van der Waals surface area contributed by atoms with Crippen LogP contribution < -0.4 is 4.74 Å². The Kier molecular flexibility index (Phi) is 9.97. The minimum Gasteiger partial charge on any atom is -0.490 e. The predicted molar refractivity (Wildman–Crippen MR) is 130 cm³/mol. The van der Waals surface area contributed by atoms with Crippen molar-refractivity contribution >= 4 is 16.3 Å². The number of thiazole rings is 1. The topological polar surface area (TPSA) is 26.5 Å². The van der Waals surface area contributed by atoms with Gasteiger partial charge in [0.05, 0.1) is 12.3 Å². The number of imidazole rings is 1. The lowest BCUT2D eigenvalue weighted by molar-refractivity contribution is 0.285. The lowest BCUT2D eigenvalue weighted by Crippen LogP contribution is -2.01. The third-order valence-electron chi connectivity index (χ3n) is 5.81. The van der Waals surface area contributed by atoms with Crippen LogP contribution >= 0.6 is 11.3 Å². The normalized spacial score (nSPS) is 11.5. The monoisotopic (exact) mass is 462 g/mol. The number of aryl methyl sites for hydroxylation is 1. The minimum absolute atomic E-state index is 0.0220. The molecule has 3 nitrogen and oxygen atoms in total. The molecule has 0 saturated heterocycles. The van der Waals surface area contributed by atoms with Crippen LogP contribution in [0.25, 0.3) is 16.2 Å². The maximum absolute atomic E-state index is 14.7. The fraction of sp³-hybridized carbons (Fsp3) is 0.577. The van der Waals surface area contributed by atoms with Crippen molar-refractivity contribution < 1.29 is 13.5 Å². The number of benzene rings is 1. The predicted octanol–water partition coefficient (Wildman–Crippen LogP) is 8.59. The third kappa shape index (κ3) is 6.77. The lowest BCUT2D eigenvalue weighted by atomic mass is 10.1. The summed E-state index contributed by atoms with van der Waals surface area (Å²) in [7, 11) is 0. The van der Waals surface area contributed by atoms with Crippen molar-refractivity contribution in [2.24, 2.45) is 0 Å². The van der Waals surface area contributed by atoms with E-state index in [2.05, 4.69) is 25.0 Å². The molecular weight excluding hydrogens is 426 g/mol. The number of hydrogen-bond donors (Lipinski definition) is 0. The van der Waals surface area contributed by atoms with Gasteiger partial charge in [-0.1, -0.05) is 71.6 Å². The van der Waals surface area contributed by atoms with Crippen molar-refractivity contribution in [3.63, 3.8) is 0 Å². The number of hydrogen-bond acceptors (Lipinski definition) is 3. The lowest BCUT2D eigenvalue weighted by Gasteiger charge is -2.09. The zero-order chi connectivity index (χ0) is 22.8. The highest BCUT2D eigenvalue weighted by Crippen LogP contribution is 2.31. The van der Waals surface area contributed by atoms with Gasteiger partial charge in [-0.3, -0.25) is 4.40 Å². The Morgan fingerprint density at radius 2 is 1.53 bits per heavy atom. The number of ether oxygens (including phenoxy) is 1. The summed E-state index contributed by atoms with van der Waals surface area (Å²) < 4.78 is 36.7. The van der Waals surface area contributed by atoms with E-state index in [0.717, 1.165) is 30.6 Å². The van der Waals surface area contributed by atoms with Gasteiger partial charge in [0.25, 0.3) is 0 Å². The first-order chi connectivity index (χ1) is 15.6. The molecule has 0 N–H and O–H groups in total. The highest BCUT2D eigenvalue weighted by atomic mass is 32.1. The first kappa shape index (κ1) is 24.7. The summed E-state index contributed by atoms with van der Waals surface area (Å²) in [5, 5.41) is 0. The molecule has 0 spiro atoms. The first-order valence-electron chi connectivity index (χ1n) is 12.2. The van der Waals surface area contributed by atoms with E-state index < -0.39 is 11.6 Å². The van der Waals surface area contributed by atoms with Crippen LogP contribution in [0.3, 0.4) is 0 Å². The summed E-state index contributed by atoms with van der Waals surface area (Å²) in [5.74, 6) is -1.85. The van der Waals surface area contributed by atoms with E-state index in [1.54, 1.807) is 23.6 Å². The van der Waals surface area contributed by atoms with Crippen molar-refractivity contribution in [1.29, 1.82) is 0 Å². The fourth-order valence-electron chi connectivity index (χ4n) is 3.90. The van der Waals surface area contributed by atoms with Gasteiger partial charge in [0, 0.05) is 22.8 Å². The molecule has 0 aliphatic heterocycles. The summed E-state index contributed by atoms with van der Waals surface area (Å²) in [6, 6.07) is 3.08. The molecule has 3 rings (SSSR count). The summed E-state index contributed by atoms with van der Waals surface area (Å²) in [4.78, 5) is 6.63. The molecule has 0 unspecified atom stereocenters. The number of rotatable bonds is 15. The van der Waals surface area contributed by atoms with Gasteiger partial charge in [0.15, 0.2) is 16.5 Å². The number of halogens is 2. The van der Waals surface area contributed by atoms with Crippen LogP contribution in [0.2, 0.25) is 0 Å². The van der Waals surface area contributed by atoms with Gasteiger partial charge in [0.1, 0.15) is 0 Å². The van der Waals surface area contributed by atoms with Crippen molar-refractivity contribution in [2.75, 3.05) is 6.61 Å². The van der Waals surface area contributed by atoms with Crippen molar-refractivity contribution in [3.8, 4) is 17.0 Å². The summed E-state index contributed by atoms with van der Waals surface area (Å²) in [6.07, 6.45) is 17.9. The van der Waals surface area contributed by atoms with Gasteiger partial charge < -0.3 is 4.74 Å². The van der Waals surface area contributed by atoms with Crippen LogP contribution in [-0.2, 0) is 6.42 Å². The van der Waals surface area contributed by atoms with E-state index in [1.807, 2.05) is 4.40 Å².